The molecule has 1 saturated heterocycles. The zero-order chi connectivity index (χ0) is 21.3. The molecule has 30 heavy (non-hydrogen) atoms. The lowest BCUT2D eigenvalue weighted by molar-refractivity contribution is -0.135. The fourth-order valence-electron chi connectivity index (χ4n) is 3.79. The van der Waals surface area contributed by atoms with Crippen LogP contribution in [0.25, 0.3) is 11.7 Å². The summed E-state index contributed by atoms with van der Waals surface area (Å²) in [7, 11) is 1.81. The normalized spacial score (nSPS) is 14.7. The molecule has 1 aliphatic rings. The summed E-state index contributed by atoms with van der Waals surface area (Å²) >= 11 is 0. The standard InChI is InChI=1S/C21H23N5O4/c1-13-16(14(2)30-24-13)12-25(3)20(27)15-6-8-26(9-7-15)21-17(11-22)23-19(29-21)18-5-4-10-28-18/h4-5,10,15H,6-9,12H2,1-3H3. The number of rotatable bonds is 5. The molecule has 0 N–H and O–H groups in total. The Balaban J connectivity index is 1.40. The highest BCUT2D eigenvalue weighted by Gasteiger charge is 2.31. The van der Waals surface area contributed by atoms with Crippen molar-refractivity contribution in [3.05, 3.63) is 41.1 Å². The van der Waals surface area contributed by atoms with Gasteiger partial charge in [-0.3, -0.25) is 4.79 Å². The number of anilines is 1. The lowest BCUT2D eigenvalue weighted by Gasteiger charge is -2.33. The second-order valence-corrected chi connectivity index (χ2v) is 7.52. The zero-order valence-electron chi connectivity index (χ0n) is 17.2. The third-order valence-electron chi connectivity index (χ3n) is 5.53. The highest BCUT2D eigenvalue weighted by Crippen LogP contribution is 2.31. The molecule has 3 aromatic rings. The number of carbonyl (C=O) groups is 1. The number of nitriles is 1. The van der Waals surface area contributed by atoms with Gasteiger partial charge in [-0.2, -0.15) is 10.2 Å². The van der Waals surface area contributed by atoms with E-state index in [0.29, 0.717) is 44.1 Å². The van der Waals surface area contributed by atoms with Gasteiger partial charge in [0.25, 0.3) is 5.89 Å². The van der Waals surface area contributed by atoms with Gasteiger partial charge in [-0.1, -0.05) is 5.16 Å². The van der Waals surface area contributed by atoms with Crippen LogP contribution in [0.2, 0.25) is 0 Å². The van der Waals surface area contributed by atoms with Crippen LogP contribution in [0.3, 0.4) is 0 Å². The first-order valence-electron chi connectivity index (χ1n) is 9.84. The largest absolute Gasteiger partial charge is 0.459 e. The van der Waals surface area contributed by atoms with Gasteiger partial charge in [-0.25, -0.2) is 0 Å². The first-order valence-corrected chi connectivity index (χ1v) is 9.84. The Kier molecular flexibility index (Phi) is 5.31. The van der Waals surface area contributed by atoms with Crippen LogP contribution in [0.1, 0.15) is 35.6 Å². The zero-order valence-corrected chi connectivity index (χ0v) is 17.2. The van der Waals surface area contributed by atoms with E-state index in [1.54, 1.807) is 24.1 Å². The molecule has 4 heterocycles. The molecule has 0 aromatic carbocycles. The van der Waals surface area contributed by atoms with E-state index in [-0.39, 0.29) is 23.4 Å². The van der Waals surface area contributed by atoms with Crippen molar-refractivity contribution in [3.63, 3.8) is 0 Å². The minimum Gasteiger partial charge on any atom is -0.459 e. The van der Waals surface area contributed by atoms with Gasteiger partial charge in [0.1, 0.15) is 11.8 Å². The number of aryl methyl sites for hydroxylation is 2. The second-order valence-electron chi connectivity index (χ2n) is 7.52. The molecule has 1 amide bonds. The fourth-order valence-corrected chi connectivity index (χ4v) is 3.79. The summed E-state index contributed by atoms with van der Waals surface area (Å²) in [6, 6.07) is 5.55. The summed E-state index contributed by atoms with van der Waals surface area (Å²) in [5, 5.41) is 13.4. The molecule has 156 valence electrons. The summed E-state index contributed by atoms with van der Waals surface area (Å²) in [4.78, 5) is 20.9. The molecule has 9 heteroatoms. The predicted molar refractivity (Wildman–Crippen MR) is 106 cm³/mol. The van der Waals surface area contributed by atoms with Gasteiger partial charge in [0.05, 0.1) is 18.5 Å². The van der Waals surface area contributed by atoms with Crippen LogP contribution in [0.4, 0.5) is 5.88 Å². The van der Waals surface area contributed by atoms with Crippen LogP contribution in [0.15, 0.2) is 31.8 Å². The Labute approximate surface area is 173 Å². The summed E-state index contributed by atoms with van der Waals surface area (Å²) in [5.41, 5.74) is 1.99. The van der Waals surface area contributed by atoms with E-state index < -0.39 is 0 Å². The minimum absolute atomic E-state index is 0.0790. The van der Waals surface area contributed by atoms with E-state index in [0.717, 1.165) is 17.0 Å². The number of aromatic nitrogens is 2. The maximum Gasteiger partial charge on any atom is 0.266 e. The molecular weight excluding hydrogens is 386 g/mol. The second kappa shape index (κ2) is 8.06. The molecule has 0 aliphatic carbocycles. The Hall–Kier alpha value is -3.54. The van der Waals surface area contributed by atoms with Crippen molar-refractivity contribution in [2.75, 3.05) is 25.0 Å². The van der Waals surface area contributed by atoms with Crippen LogP contribution in [0, 0.1) is 31.1 Å². The summed E-state index contributed by atoms with van der Waals surface area (Å²) in [6.45, 7) is 5.43. The molecule has 1 aliphatic heterocycles. The van der Waals surface area contributed by atoms with E-state index in [9.17, 15) is 10.1 Å². The number of oxazole rings is 1. The monoisotopic (exact) mass is 409 g/mol. The lowest BCUT2D eigenvalue weighted by Crippen LogP contribution is -2.41. The van der Waals surface area contributed by atoms with E-state index in [2.05, 4.69) is 16.2 Å². The van der Waals surface area contributed by atoms with Crippen LogP contribution in [0.5, 0.6) is 0 Å². The molecule has 1 fully saturated rings. The smallest absolute Gasteiger partial charge is 0.266 e. The molecule has 0 spiro atoms. The molecule has 0 radical (unpaired) electrons. The predicted octanol–water partition coefficient (Wildman–Crippen LogP) is 3.29. The van der Waals surface area contributed by atoms with Crippen LogP contribution >= 0.6 is 0 Å². The van der Waals surface area contributed by atoms with Crippen molar-refractivity contribution in [1.29, 1.82) is 5.26 Å². The maximum atomic E-state index is 12.9. The van der Waals surface area contributed by atoms with Crippen molar-refractivity contribution in [1.82, 2.24) is 15.0 Å². The molecule has 9 nitrogen and oxygen atoms in total. The van der Waals surface area contributed by atoms with Crippen LogP contribution < -0.4 is 4.90 Å². The van der Waals surface area contributed by atoms with E-state index in [1.165, 1.54) is 6.26 Å². The van der Waals surface area contributed by atoms with Gasteiger partial charge in [0.2, 0.25) is 17.5 Å². The average Bonchev–Trinajstić information content (AvgIpc) is 3.50. The number of hydrogen-bond donors (Lipinski definition) is 0. The number of amides is 1. The van der Waals surface area contributed by atoms with Gasteiger partial charge >= 0.3 is 0 Å². The van der Waals surface area contributed by atoms with Gasteiger partial charge < -0.3 is 23.2 Å². The third-order valence-corrected chi connectivity index (χ3v) is 5.53. The minimum atomic E-state index is -0.0790. The Morgan fingerprint density at radius 3 is 2.73 bits per heavy atom. The molecule has 0 bridgehead atoms. The number of nitrogens with zero attached hydrogens (tertiary/aromatic N) is 5. The van der Waals surface area contributed by atoms with Crippen molar-refractivity contribution in [2.45, 2.75) is 33.2 Å². The highest BCUT2D eigenvalue weighted by atomic mass is 16.5. The Morgan fingerprint density at radius 2 is 2.13 bits per heavy atom. The third kappa shape index (κ3) is 3.68. The summed E-state index contributed by atoms with van der Waals surface area (Å²) in [6.07, 6.45) is 2.88. The SMILES string of the molecule is Cc1noc(C)c1CN(C)C(=O)C1CCN(c2oc(-c3ccco3)nc2C#N)CC1. The molecular formula is C21H23N5O4. The van der Waals surface area contributed by atoms with E-state index in [4.69, 9.17) is 13.4 Å². The Morgan fingerprint density at radius 1 is 1.37 bits per heavy atom. The number of carbonyl (C=O) groups excluding carboxylic acids is 1. The van der Waals surface area contributed by atoms with Gasteiger partial charge in [0.15, 0.2) is 5.76 Å². The maximum absolute atomic E-state index is 12.9. The molecule has 4 rings (SSSR count). The quantitative estimate of drug-likeness (QED) is 0.631. The summed E-state index contributed by atoms with van der Waals surface area (Å²) < 4.78 is 16.3. The Bertz CT molecular complexity index is 1050. The number of hydrogen-bond acceptors (Lipinski definition) is 8. The molecule has 3 aromatic heterocycles. The van der Waals surface area contributed by atoms with Crippen molar-refractivity contribution in [2.24, 2.45) is 5.92 Å². The van der Waals surface area contributed by atoms with E-state index >= 15 is 0 Å². The van der Waals surface area contributed by atoms with Crippen molar-refractivity contribution >= 4 is 11.8 Å². The average molecular weight is 409 g/mol. The molecule has 0 atom stereocenters. The molecule has 0 saturated carbocycles. The first kappa shape index (κ1) is 19.8. The highest BCUT2D eigenvalue weighted by molar-refractivity contribution is 5.79. The topological polar surface area (TPSA) is 113 Å². The van der Waals surface area contributed by atoms with Gasteiger partial charge in [0, 0.05) is 31.6 Å². The van der Waals surface area contributed by atoms with Gasteiger partial charge in [-0.15, -0.1) is 0 Å². The summed E-state index contributed by atoms with van der Waals surface area (Å²) in [5.74, 6) is 1.95. The lowest BCUT2D eigenvalue weighted by atomic mass is 9.95. The van der Waals surface area contributed by atoms with Crippen molar-refractivity contribution < 1.29 is 18.2 Å². The molecule has 0 unspecified atom stereocenters. The van der Waals surface area contributed by atoms with Crippen LogP contribution in [-0.2, 0) is 11.3 Å². The van der Waals surface area contributed by atoms with Gasteiger partial charge in [-0.05, 0) is 38.8 Å². The first-order chi connectivity index (χ1) is 14.5. The van der Waals surface area contributed by atoms with E-state index in [1.807, 2.05) is 18.7 Å². The van der Waals surface area contributed by atoms with Crippen LogP contribution in [-0.4, -0.2) is 41.1 Å². The number of furan rings is 1. The van der Waals surface area contributed by atoms with Crippen molar-refractivity contribution in [3.8, 4) is 17.7 Å². The number of piperidine rings is 1. The fraction of sp³-hybridized carbons (Fsp3) is 0.429.